The molecule has 2 atom stereocenters. The van der Waals surface area contributed by atoms with E-state index in [9.17, 15) is 19.2 Å². The van der Waals surface area contributed by atoms with Crippen LogP contribution in [-0.2, 0) is 30.3 Å². The van der Waals surface area contributed by atoms with E-state index in [1.54, 1.807) is 0 Å². The fourth-order valence-electron chi connectivity index (χ4n) is 4.97. The van der Waals surface area contributed by atoms with Crippen molar-refractivity contribution in [2.24, 2.45) is 0 Å². The molecule has 2 aliphatic heterocycles. The Morgan fingerprint density at radius 2 is 1.77 bits per heavy atom. The van der Waals surface area contributed by atoms with E-state index in [4.69, 9.17) is 4.74 Å². The van der Waals surface area contributed by atoms with Gasteiger partial charge < -0.3 is 20.3 Å². The van der Waals surface area contributed by atoms with E-state index in [0.717, 1.165) is 16.7 Å². The third-order valence-corrected chi connectivity index (χ3v) is 6.90. The zero-order chi connectivity index (χ0) is 24.8. The average molecular weight is 478 g/mol. The molecule has 4 rings (SSSR count). The molecule has 0 saturated carbocycles. The van der Waals surface area contributed by atoms with Gasteiger partial charge in [-0.25, -0.2) is 0 Å². The zero-order valence-electron chi connectivity index (χ0n) is 19.9. The molecule has 0 aromatic heterocycles. The third-order valence-electron chi connectivity index (χ3n) is 6.90. The van der Waals surface area contributed by atoms with Crippen molar-refractivity contribution in [3.8, 4) is 11.1 Å². The van der Waals surface area contributed by atoms with E-state index in [1.807, 2.05) is 18.2 Å². The SMILES string of the molecule is COC(=O)C[C@@H]1C(=O)NCCN1C(=O)CC[C@@]1(Cc2ccc(-c3ccccc3)cc2)CCC(=O)N1. The van der Waals surface area contributed by atoms with Gasteiger partial charge in [-0.1, -0.05) is 54.6 Å². The van der Waals surface area contributed by atoms with Gasteiger partial charge in [-0.2, -0.15) is 0 Å². The number of amides is 3. The fourth-order valence-corrected chi connectivity index (χ4v) is 4.97. The topological polar surface area (TPSA) is 105 Å². The van der Waals surface area contributed by atoms with Crippen LogP contribution in [0, 0.1) is 0 Å². The maximum atomic E-state index is 13.1. The highest BCUT2D eigenvalue weighted by atomic mass is 16.5. The quantitative estimate of drug-likeness (QED) is 0.568. The molecule has 0 unspecified atom stereocenters. The zero-order valence-corrected chi connectivity index (χ0v) is 19.9. The number of rotatable bonds is 8. The Bertz CT molecular complexity index is 1090. The molecule has 2 saturated heterocycles. The number of esters is 1. The first-order valence-electron chi connectivity index (χ1n) is 12.0. The largest absolute Gasteiger partial charge is 0.469 e. The summed E-state index contributed by atoms with van der Waals surface area (Å²) in [7, 11) is 1.26. The van der Waals surface area contributed by atoms with Crippen LogP contribution >= 0.6 is 0 Å². The molecule has 3 amide bonds. The Hall–Kier alpha value is -3.68. The molecule has 2 aliphatic rings. The predicted molar refractivity (Wildman–Crippen MR) is 130 cm³/mol. The van der Waals surface area contributed by atoms with E-state index in [2.05, 4.69) is 47.0 Å². The molecule has 8 heteroatoms. The van der Waals surface area contributed by atoms with Crippen molar-refractivity contribution in [3.63, 3.8) is 0 Å². The molecule has 0 spiro atoms. The van der Waals surface area contributed by atoms with Crippen LogP contribution in [0.5, 0.6) is 0 Å². The molecular weight excluding hydrogens is 446 g/mol. The number of carbonyl (C=O) groups excluding carboxylic acids is 4. The molecular formula is C27H31N3O5. The van der Waals surface area contributed by atoms with E-state index < -0.39 is 17.6 Å². The Morgan fingerprint density at radius 1 is 1.06 bits per heavy atom. The van der Waals surface area contributed by atoms with E-state index in [0.29, 0.717) is 38.8 Å². The maximum absolute atomic E-state index is 13.1. The lowest BCUT2D eigenvalue weighted by molar-refractivity contribution is -0.150. The van der Waals surface area contributed by atoms with Gasteiger partial charge in [-0.15, -0.1) is 0 Å². The smallest absolute Gasteiger partial charge is 0.308 e. The highest BCUT2D eigenvalue weighted by molar-refractivity contribution is 5.92. The van der Waals surface area contributed by atoms with Gasteiger partial charge in [0.1, 0.15) is 6.04 Å². The van der Waals surface area contributed by atoms with Crippen molar-refractivity contribution in [1.82, 2.24) is 15.5 Å². The number of hydrogen-bond donors (Lipinski definition) is 2. The number of methoxy groups -OCH3 is 1. The first-order valence-corrected chi connectivity index (χ1v) is 12.0. The van der Waals surface area contributed by atoms with Crippen molar-refractivity contribution in [1.29, 1.82) is 0 Å². The van der Waals surface area contributed by atoms with Crippen LogP contribution in [0.1, 0.15) is 37.7 Å². The lowest BCUT2D eigenvalue weighted by atomic mass is 9.84. The molecule has 0 bridgehead atoms. The van der Waals surface area contributed by atoms with E-state index in [-0.39, 0.29) is 30.6 Å². The maximum Gasteiger partial charge on any atom is 0.308 e. The van der Waals surface area contributed by atoms with Crippen molar-refractivity contribution in [3.05, 3.63) is 60.2 Å². The fraction of sp³-hybridized carbons (Fsp3) is 0.407. The summed E-state index contributed by atoms with van der Waals surface area (Å²) >= 11 is 0. The van der Waals surface area contributed by atoms with Gasteiger partial charge >= 0.3 is 5.97 Å². The van der Waals surface area contributed by atoms with Crippen LogP contribution < -0.4 is 10.6 Å². The van der Waals surface area contributed by atoms with Gasteiger partial charge in [0.2, 0.25) is 17.7 Å². The summed E-state index contributed by atoms with van der Waals surface area (Å²) in [6.07, 6.45) is 2.14. The van der Waals surface area contributed by atoms with E-state index >= 15 is 0 Å². The molecule has 0 aliphatic carbocycles. The minimum atomic E-state index is -0.872. The predicted octanol–water partition coefficient (Wildman–Crippen LogP) is 2.22. The summed E-state index contributed by atoms with van der Waals surface area (Å²) in [5, 5.41) is 5.83. The Morgan fingerprint density at radius 3 is 2.43 bits per heavy atom. The Labute approximate surface area is 205 Å². The summed E-state index contributed by atoms with van der Waals surface area (Å²) in [6.45, 7) is 0.685. The van der Waals surface area contributed by atoms with Gasteiger partial charge in [0.25, 0.3) is 0 Å². The second-order valence-corrected chi connectivity index (χ2v) is 9.24. The molecule has 2 fully saturated rings. The normalized spacial score (nSPS) is 21.9. The number of hydrogen-bond acceptors (Lipinski definition) is 5. The lowest BCUT2D eigenvalue weighted by Crippen LogP contribution is -2.58. The molecule has 0 radical (unpaired) electrons. The summed E-state index contributed by atoms with van der Waals surface area (Å²) < 4.78 is 4.70. The van der Waals surface area contributed by atoms with Gasteiger partial charge in [0.05, 0.1) is 13.5 Å². The van der Waals surface area contributed by atoms with Crippen LogP contribution in [0.2, 0.25) is 0 Å². The number of benzene rings is 2. The average Bonchev–Trinajstić information content (AvgIpc) is 3.25. The van der Waals surface area contributed by atoms with Crippen molar-refractivity contribution >= 4 is 23.7 Å². The molecule has 2 heterocycles. The van der Waals surface area contributed by atoms with Gasteiger partial charge in [0, 0.05) is 31.5 Å². The first kappa shape index (κ1) is 24.4. The molecule has 2 aromatic carbocycles. The molecule has 2 N–H and O–H groups in total. The van der Waals surface area contributed by atoms with Crippen molar-refractivity contribution in [2.45, 2.75) is 50.1 Å². The second kappa shape index (κ2) is 10.7. The second-order valence-electron chi connectivity index (χ2n) is 9.24. The summed E-state index contributed by atoms with van der Waals surface area (Å²) in [5.74, 6) is -1.10. The van der Waals surface area contributed by atoms with Crippen LogP contribution in [-0.4, -0.2) is 60.4 Å². The van der Waals surface area contributed by atoms with Crippen molar-refractivity contribution < 1.29 is 23.9 Å². The minimum absolute atomic E-state index is 0.0146. The first-order chi connectivity index (χ1) is 16.9. The highest BCUT2D eigenvalue weighted by Crippen LogP contribution is 2.31. The van der Waals surface area contributed by atoms with Crippen LogP contribution in [0.4, 0.5) is 0 Å². The third kappa shape index (κ3) is 5.88. The number of nitrogens with one attached hydrogen (secondary N) is 2. The van der Waals surface area contributed by atoms with Crippen molar-refractivity contribution in [2.75, 3.05) is 20.2 Å². The summed E-state index contributed by atoms with van der Waals surface area (Å²) in [4.78, 5) is 50.9. The van der Waals surface area contributed by atoms with Gasteiger partial charge in [-0.3, -0.25) is 19.2 Å². The standard InChI is InChI=1S/C27H31N3O5/c1-35-25(33)17-22-26(34)28-15-16-30(22)24(32)12-14-27(13-11-23(31)29-27)18-19-7-9-21(10-8-19)20-5-3-2-4-6-20/h2-10,22H,11-18H2,1H3,(H,28,34)(H,29,31)/t22-,27-/m1/s1. The van der Waals surface area contributed by atoms with Crippen LogP contribution in [0.3, 0.4) is 0 Å². The number of ether oxygens (including phenoxy) is 1. The number of carbonyl (C=O) groups is 4. The van der Waals surface area contributed by atoms with E-state index in [1.165, 1.54) is 12.0 Å². The molecule has 35 heavy (non-hydrogen) atoms. The number of piperazine rings is 1. The number of nitrogens with zero attached hydrogens (tertiary/aromatic N) is 1. The highest BCUT2D eigenvalue weighted by Gasteiger charge is 2.40. The molecule has 8 nitrogen and oxygen atoms in total. The van der Waals surface area contributed by atoms with Crippen LogP contribution in [0.25, 0.3) is 11.1 Å². The Kier molecular flexibility index (Phi) is 7.48. The Balaban J connectivity index is 1.44. The summed E-state index contributed by atoms with van der Waals surface area (Å²) in [5.41, 5.74) is 2.83. The van der Waals surface area contributed by atoms with Crippen LogP contribution in [0.15, 0.2) is 54.6 Å². The minimum Gasteiger partial charge on any atom is -0.469 e. The molecule has 2 aromatic rings. The van der Waals surface area contributed by atoms with Gasteiger partial charge in [-0.05, 0) is 36.0 Å². The lowest BCUT2D eigenvalue weighted by Gasteiger charge is -2.36. The van der Waals surface area contributed by atoms with Gasteiger partial charge in [0.15, 0.2) is 0 Å². The molecule has 184 valence electrons. The summed E-state index contributed by atoms with van der Waals surface area (Å²) in [6, 6.07) is 17.5. The monoisotopic (exact) mass is 477 g/mol.